The highest BCUT2D eigenvalue weighted by molar-refractivity contribution is 7.99. The summed E-state index contributed by atoms with van der Waals surface area (Å²) in [5.41, 5.74) is 1.51. The molecule has 1 fully saturated rings. The Bertz CT molecular complexity index is 750. The van der Waals surface area contributed by atoms with Crippen molar-refractivity contribution in [2.45, 2.75) is 5.37 Å². The fraction of sp³-hybridized carbons (Fsp3) is 0.235. The van der Waals surface area contributed by atoms with Crippen molar-refractivity contribution in [2.75, 3.05) is 19.1 Å². The molecule has 2 aliphatic rings. The number of fused-ring (bicyclic) bond motifs is 1. The average molecular weight is 331 g/mol. The summed E-state index contributed by atoms with van der Waals surface area (Å²) in [4.78, 5) is 14.5. The smallest absolute Gasteiger partial charge is 0.255 e. The number of carbonyl (C=O) groups excluding carboxylic acids is 1. The number of rotatable bonds is 2. The van der Waals surface area contributed by atoms with E-state index in [1.807, 2.05) is 23.1 Å². The van der Waals surface area contributed by atoms with Crippen molar-refractivity contribution in [3.63, 3.8) is 0 Å². The molecule has 6 heteroatoms. The number of benzene rings is 2. The van der Waals surface area contributed by atoms with Crippen LogP contribution in [0.1, 0.15) is 21.3 Å². The lowest BCUT2D eigenvalue weighted by Crippen LogP contribution is -2.30. The Morgan fingerprint density at radius 1 is 1.13 bits per heavy atom. The van der Waals surface area contributed by atoms with Crippen LogP contribution in [-0.4, -0.2) is 29.9 Å². The fourth-order valence-corrected chi connectivity index (χ4v) is 4.02. The highest BCUT2D eigenvalue weighted by atomic mass is 32.2. The van der Waals surface area contributed by atoms with Gasteiger partial charge in [0.1, 0.15) is 11.2 Å². The van der Waals surface area contributed by atoms with Crippen LogP contribution in [0.25, 0.3) is 0 Å². The summed E-state index contributed by atoms with van der Waals surface area (Å²) in [7, 11) is 0. The maximum atomic E-state index is 13.0. The predicted molar refractivity (Wildman–Crippen MR) is 85.2 cm³/mol. The Morgan fingerprint density at radius 2 is 1.91 bits per heavy atom. The summed E-state index contributed by atoms with van der Waals surface area (Å²) in [5.74, 6) is 1.88. The van der Waals surface area contributed by atoms with Crippen LogP contribution in [0.15, 0.2) is 42.5 Å². The molecule has 118 valence electrons. The molecule has 0 N–H and O–H groups in total. The second-order valence-electron chi connectivity index (χ2n) is 5.34. The summed E-state index contributed by atoms with van der Waals surface area (Å²) in [6.45, 7) is 0.898. The Labute approximate surface area is 137 Å². The van der Waals surface area contributed by atoms with Crippen molar-refractivity contribution >= 4 is 17.7 Å². The number of carbonyl (C=O) groups is 1. The van der Waals surface area contributed by atoms with Gasteiger partial charge in [-0.2, -0.15) is 0 Å². The molecule has 2 aromatic rings. The van der Waals surface area contributed by atoms with Crippen LogP contribution < -0.4 is 9.47 Å². The monoisotopic (exact) mass is 331 g/mol. The third-order valence-corrected chi connectivity index (χ3v) is 5.19. The van der Waals surface area contributed by atoms with Gasteiger partial charge < -0.3 is 14.4 Å². The molecule has 0 saturated carbocycles. The molecule has 4 nitrogen and oxygen atoms in total. The number of amides is 1. The fourth-order valence-electron chi connectivity index (χ4n) is 2.78. The summed E-state index contributed by atoms with van der Waals surface area (Å²) in [6, 6.07) is 11.4. The van der Waals surface area contributed by atoms with E-state index in [4.69, 9.17) is 9.47 Å². The predicted octanol–water partition coefficient (Wildman–Crippen LogP) is 3.44. The molecule has 0 spiro atoms. The average Bonchev–Trinajstić information content (AvgIpc) is 3.23. The molecule has 2 aliphatic heterocycles. The first-order valence-electron chi connectivity index (χ1n) is 7.30. The van der Waals surface area contributed by atoms with E-state index in [0.717, 1.165) is 17.1 Å². The van der Waals surface area contributed by atoms with Crippen molar-refractivity contribution < 1.29 is 18.7 Å². The summed E-state index contributed by atoms with van der Waals surface area (Å²) >= 11 is 1.71. The molecule has 2 heterocycles. The molecular formula is C17H14FNO3S. The van der Waals surface area contributed by atoms with Crippen molar-refractivity contribution in [3.8, 4) is 11.5 Å². The van der Waals surface area contributed by atoms with Crippen molar-refractivity contribution in [1.29, 1.82) is 0 Å². The summed E-state index contributed by atoms with van der Waals surface area (Å²) < 4.78 is 23.8. The quantitative estimate of drug-likeness (QED) is 0.845. The highest BCUT2D eigenvalue weighted by Gasteiger charge is 2.32. The molecule has 0 aliphatic carbocycles. The van der Waals surface area contributed by atoms with Gasteiger partial charge in [-0.3, -0.25) is 4.79 Å². The van der Waals surface area contributed by atoms with E-state index >= 15 is 0 Å². The second-order valence-corrected chi connectivity index (χ2v) is 6.53. The van der Waals surface area contributed by atoms with Crippen molar-refractivity contribution in [3.05, 3.63) is 59.4 Å². The Kier molecular flexibility index (Phi) is 3.61. The van der Waals surface area contributed by atoms with Crippen LogP contribution in [0.3, 0.4) is 0 Å². The first kappa shape index (κ1) is 14.4. The van der Waals surface area contributed by atoms with Gasteiger partial charge in [-0.15, -0.1) is 11.8 Å². The number of thioether (sulfide) groups is 1. The molecule has 1 saturated heterocycles. The lowest BCUT2D eigenvalue weighted by atomic mass is 10.1. The van der Waals surface area contributed by atoms with Gasteiger partial charge in [0.2, 0.25) is 6.79 Å². The van der Waals surface area contributed by atoms with Gasteiger partial charge in [0.05, 0.1) is 0 Å². The molecule has 1 atom stereocenters. The first-order valence-corrected chi connectivity index (χ1v) is 8.35. The minimum Gasteiger partial charge on any atom is -0.454 e. The molecule has 0 radical (unpaired) electrons. The zero-order valence-corrected chi connectivity index (χ0v) is 13.0. The van der Waals surface area contributed by atoms with Gasteiger partial charge >= 0.3 is 0 Å². The van der Waals surface area contributed by atoms with Crippen LogP contribution in [0.4, 0.5) is 4.39 Å². The van der Waals surface area contributed by atoms with Gasteiger partial charge in [0.25, 0.3) is 5.91 Å². The van der Waals surface area contributed by atoms with E-state index in [9.17, 15) is 9.18 Å². The van der Waals surface area contributed by atoms with Crippen LogP contribution in [0.2, 0.25) is 0 Å². The number of halogens is 1. The third-order valence-electron chi connectivity index (χ3n) is 3.92. The van der Waals surface area contributed by atoms with E-state index in [1.165, 1.54) is 24.3 Å². The van der Waals surface area contributed by atoms with E-state index in [0.29, 0.717) is 17.9 Å². The van der Waals surface area contributed by atoms with Crippen molar-refractivity contribution in [2.24, 2.45) is 0 Å². The Balaban J connectivity index is 1.61. The number of hydrogen-bond donors (Lipinski definition) is 0. The topological polar surface area (TPSA) is 38.8 Å². The van der Waals surface area contributed by atoms with E-state index < -0.39 is 0 Å². The van der Waals surface area contributed by atoms with Gasteiger partial charge in [0, 0.05) is 17.9 Å². The number of ether oxygens (including phenoxy) is 2. The van der Waals surface area contributed by atoms with Crippen LogP contribution in [-0.2, 0) is 0 Å². The molecule has 1 amide bonds. The largest absolute Gasteiger partial charge is 0.454 e. The molecule has 0 bridgehead atoms. The lowest BCUT2D eigenvalue weighted by Gasteiger charge is -2.24. The molecule has 2 aromatic carbocycles. The molecule has 4 rings (SSSR count). The van der Waals surface area contributed by atoms with Crippen molar-refractivity contribution in [1.82, 2.24) is 4.90 Å². The van der Waals surface area contributed by atoms with E-state index in [2.05, 4.69) is 0 Å². The Morgan fingerprint density at radius 3 is 2.74 bits per heavy atom. The van der Waals surface area contributed by atoms with Gasteiger partial charge in [0.15, 0.2) is 11.5 Å². The minimum absolute atomic E-state index is 0.0675. The molecule has 23 heavy (non-hydrogen) atoms. The number of nitrogens with zero attached hydrogens (tertiary/aromatic N) is 1. The zero-order chi connectivity index (χ0) is 15.8. The van der Waals surface area contributed by atoms with Gasteiger partial charge in [-0.25, -0.2) is 4.39 Å². The highest BCUT2D eigenvalue weighted by Crippen LogP contribution is 2.42. The van der Waals surface area contributed by atoms with Crippen LogP contribution in [0.5, 0.6) is 11.5 Å². The molecule has 0 unspecified atom stereocenters. The third kappa shape index (κ3) is 2.63. The Hall–Kier alpha value is -2.21. The number of hydrogen-bond acceptors (Lipinski definition) is 4. The lowest BCUT2D eigenvalue weighted by molar-refractivity contribution is 0.0760. The van der Waals surface area contributed by atoms with Gasteiger partial charge in [-0.05, 0) is 42.0 Å². The first-order chi connectivity index (χ1) is 11.2. The van der Waals surface area contributed by atoms with E-state index in [1.54, 1.807) is 11.8 Å². The van der Waals surface area contributed by atoms with Crippen LogP contribution in [0, 0.1) is 5.82 Å². The minimum atomic E-state index is -0.343. The SMILES string of the molecule is O=C(c1ccc(F)cc1)N1CCS[C@H]1c1ccc2c(c1)OCO2. The summed E-state index contributed by atoms with van der Waals surface area (Å²) in [5, 5.41) is -0.0675. The zero-order valence-electron chi connectivity index (χ0n) is 12.2. The molecular weight excluding hydrogens is 317 g/mol. The standard InChI is InChI=1S/C17H14FNO3S/c18-13-4-1-11(2-5-13)16(20)19-7-8-23-17(19)12-3-6-14-15(9-12)22-10-21-14/h1-6,9,17H,7-8,10H2/t17-/m0/s1. The van der Waals surface area contributed by atoms with Gasteiger partial charge in [-0.1, -0.05) is 6.07 Å². The molecule has 0 aromatic heterocycles. The summed E-state index contributed by atoms with van der Waals surface area (Å²) in [6.07, 6.45) is 0. The maximum absolute atomic E-state index is 13.0. The van der Waals surface area contributed by atoms with E-state index in [-0.39, 0.29) is 23.9 Å². The normalized spacial score (nSPS) is 19.2. The van der Waals surface area contributed by atoms with Crippen LogP contribution >= 0.6 is 11.8 Å². The second kappa shape index (κ2) is 5.77. The maximum Gasteiger partial charge on any atom is 0.255 e.